The van der Waals surface area contributed by atoms with Crippen molar-refractivity contribution in [3.8, 4) is 0 Å². The molecule has 0 radical (unpaired) electrons. The highest BCUT2D eigenvalue weighted by molar-refractivity contribution is 7.53. The van der Waals surface area contributed by atoms with Crippen LogP contribution in [0.25, 0.3) is 0 Å². The van der Waals surface area contributed by atoms with Crippen LogP contribution in [0.5, 0.6) is 0 Å². The Morgan fingerprint density at radius 2 is 1.44 bits per heavy atom. The number of nitrogens with zero attached hydrogens (tertiary/aromatic N) is 6. The van der Waals surface area contributed by atoms with Crippen LogP contribution in [0.2, 0.25) is 0 Å². The minimum Gasteiger partial charge on any atom is -0.444 e. The van der Waals surface area contributed by atoms with Crippen LogP contribution in [0.15, 0.2) is 6.07 Å². The molecular weight excluding hydrogens is 747 g/mol. The van der Waals surface area contributed by atoms with Gasteiger partial charge in [-0.15, -0.1) is 0 Å². The Balaban J connectivity index is 1.26. The van der Waals surface area contributed by atoms with Crippen molar-refractivity contribution in [1.82, 2.24) is 24.7 Å². The van der Waals surface area contributed by atoms with E-state index in [-0.39, 0.29) is 18.2 Å². The first-order valence-electron chi connectivity index (χ1n) is 21.7. The average Bonchev–Trinajstić information content (AvgIpc) is 3.14. The van der Waals surface area contributed by atoms with Gasteiger partial charge >= 0.3 is 19.8 Å². The summed E-state index contributed by atoms with van der Waals surface area (Å²) in [6.07, 6.45) is 10.0. The van der Waals surface area contributed by atoms with Crippen molar-refractivity contribution < 1.29 is 32.7 Å². The molecule has 0 unspecified atom stereocenters. The van der Waals surface area contributed by atoms with Crippen molar-refractivity contribution in [2.45, 2.75) is 137 Å². The molecule has 3 fully saturated rings. The topological polar surface area (TPSA) is 165 Å². The molecule has 3 N–H and O–H groups in total. The Morgan fingerprint density at radius 1 is 0.842 bits per heavy atom. The monoisotopic (exact) mass is 823 g/mol. The molecule has 2 heterocycles. The van der Waals surface area contributed by atoms with Crippen LogP contribution >= 0.6 is 7.60 Å². The molecule has 2 amide bonds. The van der Waals surface area contributed by atoms with Gasteiger partial charge in [-0.3, -0.25) is 9.46 Å². The molecule has 1 aromatic rings. The number of nitrogen functional groups attached to an aromatic ring is 1. The molecule has 16 heteroatoms. The van der Waals surface area contributed by atoms with Crippen LogP contribution in [0.1, 0.15) is 120 Å². The number of anilines is 3. The average molecular weight is 823 g/mol. The Kier molecular flexibility index (Phi) is 18.0. The molecule has 57 heavy (non-hydrogen) atoms. The number of amides is 2. The first kappa shape index (κ1) is 46.8. The van der Waals surface area contributed by atoms with Crippen LogP contribution in [-0.2, 0) is 23.1 Å². The zero-order valence-corrected chi connectivity index (χ0v) is 37.3. The smallest absolute Gasteiger partial charge is 0.410 e. The minimum absolute atomic E-state index is 0.180. The Hall–Kier alpha value is -2.87. The van der Waals surface area contributed by atoms with Gasteiger partial charge in [0.25, 0.3) is 0 Å². The lowest BCUT2D eigenvalue weighted by molar-refractivity contribution is 0.00903. The van der Waals surface area contributed by atoms with E-state index in [9.17, 15) is 14.2 Å². The van der Waals surface area contributed by atoms with Gasteiger partial charge in [-0.1, -0.05) is 19.3 Å². The molecule has 0 atom stereocenters. The Labute approximate surface area is 343 Å². The molecule has 1 aliphatic heterocycles. The summed E-state index contributed by atoms with van der Waals surface area (Å²) < 4.78 is 35.5. The summed E-state index contributed by atoms with van der Waals surface area (Å²) in [4.78, 5) is 44.4. The van der Waals surface area contributed by atoms with Crippen LogP contribution in [0.4, 0.5) is 27.2 Å². The number of nitrogens with two attached hydrogens (primary N) is 1. The van der Waals surface area contributed by atoms with Gasteiger partial charge in [0.15, 0.2) is 0 Å². The van der Waals surface area contributed by atoms with Crippen molar-refractivity contribution in [2.24, 2.45) is 11.8 Å². The van der Waals surface area contributed by atoms with E-state index in [1.54, 1.807) is 0 Å². The van der Waals surface area contributed by atoms with Crippen molar-refractivity contribution in [1.29, 1.82) is 0 Å². The Bertz CT molecular complexity index is 1420. The van der Waals surface area contributed by atoms with Crippen molar-refractivity contribution in [3.63, 3.8) is 0 Å². The molecule has 2 aliphatic carbocycles. The van der Waals surface area contributed by atoms with Crippen LogP contribution in [0.3, 0.4) is 0 Å². The van der Waals surface area contributed by atoms with Crippen LogP contribution in [0, 0.1) is 11.8 Å². The molecule has 326 valence electrons. The molecule has 1 aromatic heterocycles. The fourth-order valence-corrected chi connectivity index (χ4v) is 9.68. The fraction of sp³-hybridized carbons (Fsp3) is 0.854. The molecule has 4 rings (SSSR count). The second-order valence-electron chi connectivity index (χ2n) is 18.0. The molecule has 3 aliphatic rings. The summed E-state index contributed by atoms with van der Waals surface area (Å²) in [5, 5.41) is 3.47. The van der Waals surface area contributed by atoms with E-state index in [2.05, 4.69) is 20.1 Å². The molecule has 2 saturated carbocycles. The summed E-state index contributed by atoms with van der Waals surface area (Å²) in [6, 6.07) is 2.00. The number of rotatable bonds is 18. The summed E-state index contributed by atoms with van der Waals surface area (Å²) >= 11 is 0. The summed E-state index contributed by atoms with van der Waals surface area (Å²) in [6.45, 7) is 22.1. The van der Waals surface area contributed by atoms with E-state index in [0.717, 1.165) is 89.9 Å². The van der Waals surface area contributed by atoms with E-state index < -0.39 is 18.8 Å². The minimum atomic E-state index is -3.07. The first-order chi connectivity index (χ1) is 27.0. The lowest BCUT2D eigenvalue weighted by atomic mass is 9.81. The van der Waals surface area contributed by atoms with Gasteiger partial charge in [-0.05, 0) is 112 Å². The van der Waals surface area contributed by atoms with E-state index in [1.165, 1.54) is 6.42 Å². The third-order valence-electron chi connectivity index (χ3n) is 10.9. The summed E-state index contributed by atoms with van der Waals surface area (Å²) in [7, 11) is -3.07. The third-order valence-corrected chi connectivity index (χ3v) is 12.9. The summed E-state index contributed by atoms with van der Waals surface area (Å²) in [5.74, 6) is 2.59. The standard InChI is InChI=1S/C41H75N8O7P/c1-9-53-57(52,54-10-2)28-27-46-23-25-47(26-24-46)36-29-35(42)44-37(45-36)43-30-32-17-19-33(20-18-32)31-48(38(50)55-40(3,4)5)21-14-22-49(34-15-12-11-13-16-34)39(51)56-41(6,7)8/h29,32-34H,9-28,30-31H2,1-8H3,(H3,42,43,44,45)/t32-,33+. The van der Waals surface area contributed by atoms with Gasteiger partial charge in [0.05, 0.1) is 19.4 Å². The van der Waals surface area contributed by atoms with Gasteiger partial charge < -0.3 is 44.3 Å². The zero-order chi connectivity index (χ0) is 41.6. The highest BCUT2D eigenvalue weighted by Crippen LogP contribution is 2.47. The van der Waals surface area contributed by atoms with Gasteiger partial charge in [-0.25, -0.2) is 9.59 Å². The fourth-order valence-electron chi connectivity index (χ4n) is 8.04. The zero-order valence-electron chi connectivity index (χ0n) is 36.4. The highest BCUT2D eigenvalue weighted by atomic mass is 31.2. The lowest BCUT2D eigenvalue weighted by Crippen LogP contribution is -2.47. The maximum Gasteiger partial charge on any atom is 0.410 e. The maximum absolute atomic E-state index is 13.5. The number of piperazine rings is 1. The molecule has 0 bridgehead atoms. The molecule has 15 nitrogen and oxygen atoms in total. The van der Waals surface area contributed by atoms with Gasteiger partial charge in [-0.2, -0.15) is 9.97 Å². The lowest BCUT2D eigenvalue weighted by Gasteiger charge is -2.37. The van der Waals surface area contributed by atoms with Crippen molar-refractivity contribution in [3.05, 3.63) is 6.07 Å². The van der Waals surface area contributed by atoms with Crippen molar-refractivity contribution in [2.75, 3.05) is 94.2 Å². The quantitative estimate of drug-likeness (QED) is 0.138. The van der Waals surface area contributed by atoms with Gasteiger partial charge in [0.2, 0.25) is 5.95 Å². The van der Waals surface area contributed by atoms with E-state index >= 15 is 0 Å². The number of carbonyl (C=O) groups excluding carboxylic acids is 2. The summed E-state index contributed by atoms with van der Waals surface area (Å²) in [5.41, 5.74) is 5.10. The predicted molar refractivity (Wildman–Crippen MR) is 227 cm³/mol. The number of hydrogen-bond donors (Lipinski definition) is 2. The van der Waals surface area contributed by atoms with Gasteiger partial charge in [0.1, 0.15) is 22.8 Å². The SMILES string of the molecule is CCOP(=O)(CCN1CCN(c2cc(N)nc(NC[C@H]3CC[C@@H](CN(CCCN(C(=O)OC(C)(C)C)C4CCCCC4)C(=O)OC(C)(C)C)CC3)n2)CC1)OCC. The number of nitrogens with one attached hydrogen (secondary N) is 1. The normalized spacial score (nSPS) is 20.2. The van der Waals surface area contributed by atoms with Gasteiger partial charge in [0, 0.05) is 71.0 Å². The molecule has 0 spiro atoms. The maximum atomic E-state index is 13.5. The first-order valence-corrected chi connectivity index (χ1v) is 23.4. The predicted octanol–water partition coefficient (Wildman–Crippen LogP) is 7.86. The van der Waals surface area contributed by atoms with E-state index in [0.29, 0.717) is 75.6 Å². The highest BCUT2D eigenvalue weighted by Gasteiger charge is 2.32. The number of hydrogen-bond acceptors (Lipinski definition) is 13. The van der Waals surface area contributed by atoms with E-state index in [4.69, 9.17) is 29.2 Å². The molecular formula is C41H75N8O7P. The third kappa shape index (κ3) is 16.4. The molecule has 1 saturated heterocycles. The van der Waals surface area contributed by atoms with E-state index in [1.807, 2.05) is 71.3 Å². The van der Waals surface area contributed by atoms with Crippen molar-refractivity contribution >= 4 is 37.4 Å². The number of aromatic nitrogens is 2. The van der Waals surface area contributed by atoms with Crippen LogP contribution in [-0.4, -0.2) is 132 Å². The largest absolute Gasteiger partial charge is 0.444 e. The number of carbonyl (C=O) groups is 2. The second-order valence-corrected chi connectivity index (χ2v) is 20.2. The molecule has 0 aromatic carbocycles. The number of ether oxygens (including phenoxy) is 2. The Morgan fingerprint density at radius 3 is 2.04 bits per heavy atom. The second kappa shape index (κ2) is 21.9. The van der Waals surface area contributed by atoms with Crippen LogP contribution < -0.4 is 16.0 Å².